The molecule has 0 atom stereocenters. The highest BCUT2D eigenvalue weighted by Crippen LogP contribution is 2.27. The van der Waals surface area contributed by atoms with Crippen molar-refractivity contribution in [3.8, 4) is 11.5 Å². The van der Waals surface area contributed by atoms with E-state index in [-0.39, 0.29) is 19.1 Å². The molecule has 0 bridgehead atoms. The number of carbonyl (C=O) groups excluding carboxylic acids is 2. The zero-order chi connectivity index (χ0) is 22.2. The number of aryl methyl sites for hydroxylation is 2. The number of hydrogen-bond donors (Lipinski definition) is 0. The van der Waals surface area contributed by atoms with Crippen LogP contribution in [-0.4, -0.2) is 68.2 Å². The van der Waals surface area contributed by atoms with Gasteiger partial charge in [0.15, 0.2) is 24.7 Å². The Morgan fingerprint density at radius 2 is 1.65 bits per heavy atom. The summed E-state index contributed by atoms with van der Waals surface area (Å²) < 4.78 is 15.8. The number of piperazine rings is 1. The van der Waals surface area contributed by atoms with Crippen molar-refractivity contribution in [1.82, 2.24) is 9.80 Å². The van der Waals surface area contributed by atoms with E-state index in [0.717, 1.165) is 25.2 Å². The fourth-order valence-electron chi connectivity index (χ4n) is 3.53. The summed E-state index contributed by atoms with van der Waals surface area (Å²) in [5.41, 5.74) is 3.55. The summed E-state index contributed by atoms with van der Waals surface area (Å²) in [4.78, 5) is 28.4. The molecule has 7 nitrogen and oxygen atoms in total. The van der Waals surface area contributed by atoms with E-state index in [4.69, 9.17) is 14.2 Å². The van der Waals surface area contributed by atoms with Gasteiger partial charge in [-0.25, -0.2) is 4.79 Å². The van der Waals surface area contributed by atoms with Crippen molar-refractivity contribution in [2.45, 2.75) is 20.4 Å². The lowest BCUT2D eigenvalue weighted by Crippen LogP contribution is -2.49. The van der Waals surface area contributed by atoms with Crippen molar-refractivity contribution in [2.24, 2.45) is 0 Å². The normalized spacial score (nSPS) is 14.2. The summed E-state index contributed by atoms with van der Waals surface area (Å²) in [7, 11) is 1.54. The smallest absolute Gasteiger partial charge is 0.344 e. The van der Waals surface area contributed by atoms with Crippen LogP contribution in [0.25, 0.3) is 0 Å². The Balaban J connectivity index is 1.37. The fraction of sp³-hybridized carbons (Fsp3) is 0.417. The molecule has 7 heteroatoms. The maximum Gasteiger partial charge on any atom is 0.344 e. The molecule has 1 fully saturated rings. The molecular formula is C24H30N2O5. The van der Waals surface area contributed by atoms with Gasteiger partial charge in [-0.15, -0.1) is 0 Å². The van der Waals surface area contributed by atoms with E-state index in [1.54, 1.807) is 18.1 Å². The molecule has 2 aromatic carbocycles. The van der Waals surface area contributed by atoms with Gasteiger partial charge >= 0.3 is 5.97 Å². The van der Waals surface area contributed by atoms with Crippen LogP contribution in [0.15, 0.2) is 42.5 Å². The van der Waals surface area contributed by atoms with Gasteiger partial charge in [0.1, 0.15) is 0 Å². The van der Waals surface area contributed by atoms with Crippen LogP contribution in [0.3, 0.4) is 0 Å². The van der Waals surface area contributed by atoms with E-state index in [0.29, 0.717) is 24.6 Å². The Morgan fingerprint density at radius 1 is 0.903 bits per heavy atom. The summed E-state index contributed by atoms with van der Waals surface area (Å²) in [6.07, 6.45) is 0. The van der Waals surface area contributed by atoms with Crippen LogP contribution in [0.2, 0.25) is 0 Å². The number of nitrogens with zero attached hydrogens (tertiary/aromatic N) is 2. The summed E-state index contributed by atoms with van der Waals surface area (Å²) in [6.45, 7) is 7.19. The first-order valence-corrected chi connectivity index (χ1v) is 10.4. The lowest BCUT2D eigenvalue weighted by atomic mass is 10.1. The van der Waals surface area contributed by atoms with Crippen LogP contribution in [0, 0.1) is 13.8 Å². The first kappa shape index (κ1) is 22.6. The zero-order valence-corrected chi connectivity index (χ0v) is 18.4. The second-order valence-corrected chi connectivity index (χ2v) is 7.75. The van der Waals surface area contributed by atoms with Crippen molar-refractivity contribution >= 4 is 11.9 Å². The van der Waals surface area contributed by atoms with Crippen molar-refractivity contribution in [3.05, 3.63) is 59.2 Å². The van der Waals surface area contributed by atoms with Gasteiger partial charge in [0, 0.05) is 32.7 Å². The Labute approximate surface area is 183 Å². The first-order chi connectivity index (χ1) is 14.9. The highest BCUT2D eigenvalue weighted by molar-refractivity contribution is 5.81. The average molecular weight is 427 g/mol. The minimum atomic E-state index is -0.589. The molecule has 1 saturated heterocycles. The molecule has 0 spiro atoms. The number of rotatable bonds is 8. The molecule has 1 aliphatic rings. The SMILES string of the molecule is COc1cc(C)ccc1OCC(=O)OCC(=O)N1CCN(Cc2cccc(C)c2)CC1. The summed E-state index contributed by atoms with van der Waals surface area (Å²) >= 11 is 0. The quantitative estimate of drug-likeness (QED) is 0.605. The van der Waals surface area contributed by atoms with Gasteiger partial charge in [-0.1, -0.05) is 35.9 Å². The molecule has 0 aromatic heterocycles. The monoisotopic (exact) mass is 426 g/mol. The molecule has 3 rings (SSSR count). The number of benzene rings is 2. The highest BCUT2D eigenvalue weighted by Gasteiger charge is 2.22. The van der Waals surface area contributed by atoms with Crippen LogP contribution in [0.5, 0.6) is 11.5 Å². The second-order valence-electron chi connectivity index (χ2n) is 7.75. The molecule has 1 aliphatic heterocycles. The second kappa shape index (κ2) is 10.8. The van der Waals surface area contributed by atoms with Crippen molar-refractivity contribution in [2.75, 3.05) is 46.5 Å². The number of hydrogen-bond acceptors (Lipinski definition) is 6. The van der Waals surface area contributed by atoms with E-state index in [1.165, 1.54) is 11.1 Å². The lowest BCUT2D eigenvalue weighted by Gasteiger charge is -2.34. The Hall–Kier alpha value is -3.06. The fourth-order valence-corrected chi connectivity index (χ4v) is 3.53. The summed E-state index contributed by atoms with van der Waals surface area (Å²) in [6, 6.07) is 13.9. The van der Waals surface area contributed by atoms with E-state index < -0.39 is 5.97 Å². The molecule has 1 heterocycles. The molecule has 0 aliphatic carbocycles. The molecule has 0 saturated carbocycles. The maximum atomic E-state index is 12.4. The largest absolute Gasteiger partial charge is 0.493 e. The van der Waals surface area contributed by atoms with E-state index in [9.17, 15) is 9.59 Å². The van der Waals surface area contributed by atoms with Gasteiger partial charge in [-0.05, 0) is 37.1 Å². The number of esters is 1. The van der Waals surface area contributed by atoms with Crippen LogP contribution >= 0.6 is 0 Å². The predicted molar refractivity (Wildman–Crippen MR) is 117 cm³/mol. The van der Waals surface area contributed by atoms with Crippen molar-refractivity contribution in [1.29, 1.82) is 0 Å². The number of carbonyl (C=O) groups is 2. The van der Waals surface area contributed by atoms with Gasteiger partial charge in [-0.2, -0.15) is 0 Å². The van der Waals surface area contributed by atoms with Crippen LogP contribution < -0.4 is 9.47 Å². The summed E-state index contributed by atoms with van der Waals surface area (Å²) in [5.74, 6) is 0.235. The molecule has 0 N–H and O–H groups in total. The molecule has 166 valence electrons. The van der Waals surface area contributed by atoms with E-state index in [2.05, 4.69) is 36.1 Å². The Morgan fingerprint density at radius 3 is 2.35 bits per heavy atom. The third-order valence-corrected chi connectivity index (χ3v) is 5.23. The standard InChI is InChI=1S/C24H30N2O5/c1-18-5-4-6-20(13-18)15-25-9-11-26(12-10-25)23(27)16-31-24(28)17-30-21-8-7-19(2)14-22(21)29-3/h4-8,13-14H,9-12,15-17H2,1-3H3. The molecule has 0 unspecified atom stereocenters. The minimum absolute atomic E-state index is 0.184. The number of ether oxygens (including phenoxy) is 3. The average Bonchev–Trinajstić information content (AvgIpc) is 2.77. The number of amides is 1. The molecule has 31 heavy (non-hydrogen) atoms. The van der Waals surface area contributed by atoms with Gasteiger partial charge in [0.2, 0.25) is 0 Å². The minimum Gasteiger partial charge on any atom is -0.493 e. The van der Waals surface area contributed by atoms with Gasteiger partial charge in [-0.3, -0.25) is 9.69 Å². The van der Waals surface area contributed by atoms with Gasteiger partial charge in [0.05, 0.1) is 7.11 Å². The highest BCUT2D eigenvalue weighted by atomic mass is 16.6. The molecular weight excluding hydrogens is 396 g/mol. The van der Waals surface area contributed by atoms with E-state index in [1.807, 2.05) is 19.1 Å². The van der Waals surface area contributed by atoms with E-state index >= 15 is 0 Å². The Kier molecular flexibility index (Phi) is 7.89. The van der Waals surface area contributed by atoms with Crippen LogP contribution in [0.4, 0.5) is 0 Å². The molecule has 0 radical (unpaired) electrons. The summed E-state index contributed by atoms with van der Waals surface area (Å²) in [5, 5.41) is 0. The number of methoxy groups -OCH3 is 1. The molecule has 2 aromatic rings. The topological polar surface area (TPSA) is 68.3 Å². The maximum absolute atomic E-state index is 12.4. The van der Waals surface area contributed by atoms with Crippen LogP contribution in [-0.2, 0) is 20.9 Å². The first-order valence-electron chi connectivity index (χ1n) is 10.4. The third-order valence-electron chi connectivity index (χ3n) is 5.23. The van der Waals surface area contributed by atoms with Gasteiger partial charge in [0.25, 0.3) is 5.91 Å². The third kappa shape index (κ3) is 6.72. The zero-order valence-electron chi connectivity index (χ0n) is 18.4. The van der Waals surface area contributed by atoms with Gasteiger partial charge < -0.3 is 19.1 Å². The van der Waals surface area contributed by atoms with Crippen molar-refractivity contribution in [3.63, 3.8) is 0 Å². The predicted octanol–water partition coefficient (Wildman–Crippen LogP) is 2.58. The lowest BCUT2D eigenvalue weighted by molar-refractivity contribution is -0.154. The van der Waals surface area contributed by atoms with Crippen LogP contribution in [0.1, 0.15) is 16.7 Å². The molecule has 1 amide bonds. The Bertz CT molecular complexity index is 907. The van der Waals surface area contributed by atoms with Crippen molar-refractivity contribution < 1.29 is 23.8 Å².